The second-order valence-electron chi connectivity index (χ2n) is 4.68. The average molecular weight is 253 g/mol. The molecule has 0 saturated carbocycles. The molecule has 0 radical (unpaired) electrons. The largest absolute Gasteiger partial charge is 0.489 e. The highest BCUT2D eigenvalue weighted by molar-refractivity contribution is 7.91. The van der Waals surface area contributed by atoms with Crippen LogP contribution >= 0.6 is 0 Å². The second-order valence-corrected chi connectivity index (χ2v) is 6.91. The lowest BCUT2D eigenvalue weighted by Gasteiger charge is -2.12. The molecule has 0 bridgehead atoms. The van der Waals surface area contributed by atoms with Crippen molar-refractivity contribution < 1.29 is 13.2 Å². The van der Waals surface area contributed by atoms with Crippen molar-refractivity contribution in [1.82, 2.24) is 5.32 Å². The van der Waals surface area contributed by atoms with E-state index in [9.17, 15) is 8.42 Å². The van der Waals surface area contributed by atoms with Crippen molar-refractivity contribution in [1.29, 1.82) is 0 Å². The maximum Gasteiger partial charge on any atom is 0.154 e. The highest BCUT2D eigenvalue weighted by Gasteiger charge is 2.29. The molecule has 1 atom stereocenters. The fraction of sp³-hybridized carbons (Fsp3) is 0.500. The molecular formula is C12H15NO3S. The lowest BCUT2D eigenvalue weighted by atomic mass is 10.1. The minimum atomic E-state index is -2.86. The first-order valence-electron chi connectivity index (χ1n) is 5.82. The van der Waals surface area contributed by atoms with Crippen LogP contribution in [0.1, 0.15) is 17.5 Å². The molecule has 3 rings (SSSR count). The quantitative estimate of drug-likeness (QED) is 0.849. The minimum Gasteiger partial charge on any atom is -0.489 e. The molecule has 0 spiro atoms. The molecule has 1 saturated heterocycles. The molecule has 0 amide bonds. The minimum absolute atomic E-state index is 0.155. The Labute approximate surface area is 101 Å². The number of sulfone groups is 1. The Kier molecular flexibility index (Phi) is 2.60. The van der Waals surface area contributed by atoms with Crippen LogP contribution in [0, 0.1) is 0 Å². The van der Waals surface area contributed by atoms with Gasteiger partial charge in [0.2, 0.25) is 0 Å². The van der Waals surface area contributed by atoms with Gasteiger partial charge in [0, 0.05) is 13.1 Å². The molecule has 2 aliphatic rings. The van der Waals surface area contributed by atoms with Crippen LogP contribution in [0.2, 0.25) is 0 Å². The zero-order valence-electron chi connectivity index (χ0n) is 9.48. The van der Waals surface area contributed by atoms with Crippen LogP contribution in [0.15, 0.2) is 18.2 Å². The molecule has 0 aliphatic carbocycles. The summed E-state index contributed by atoms with van der Waals surface area (Å²) in [5, 5.41) is 3.27. The first-order valence-corrected chi connectivity index (χ1v) is 7.64. The van der Waals surface area contributed by atoms with Gasteiger partial charge >= 0.3 is 0 Å². The van der Waals surface area contributed by atoms with E-state index in [2.05, 4.69) is 5.32 Å². The topological polar surface area (TPSA) is 55.4 Å². The molecule has 1 unspecified atom stereocenters. The van der Waals surface area contributed by atoms with Gasteiger partial charge in [-0.05, 0) is 29.7 Å². The van der Waals surface area contributed by atoms with Gasteiger partial charge in [-0.15, -0.1) is 0 Å². The molecule has 1 aromatic carbocycles. The molecule has 1 N–H and O–H groups in total. The summed E-state index contributed by atoms with van der Waals surface area (Å²) < 4.78 is 28.4. The molecule has 0 aromatic heterocycles. The van der Waals surface area contributed by atoms with E-state index in [1.807, 2.05) is 18.2 Å². The van der Waals surface area contributed by atoms with E-state index >= 15 is 0 Å². The monoisotopic (exact) mass is 253 g/mol. The van der Waals surface area contributed by atoms with Crippen molar-refractivity contribution in [2.75, 3.05) is 11.5 Å². The van der Waals surface area contributed by atoms with Crippen LogP contribution in [0.4, 0.5) is 0 Å². The van der Waals surface area contributed by atoms with Crippen molar-refractivity contribution in [2.24, 2.45) is 0 Å². The van der Waals surface area contributed by atoms with Crippen molar-refractivity contribution in [2.45, 2.75) is 25.6 Å². The summed E-state index contributed by atoms with van der Waals surface area (Å²) in [6.45, 7) is 1.78. The summed E-state index contributed by atoms with van der Waals surface area (Å²) in [5.41, 5.74) is 2.56. The summed E-state index contributed by atoms with van der Waals surface area (Å²) in [5.74, 6) is 1.20. The van der Waals surface area contributed by atoms with E-state index in [4.69, 9.17) is 4.74 Å². The third kappa shape index (κ3) is 2.30. The summed E-state index contributed by atoms with van der Waals surface area (Å²) in [6.07, 6.45) is 0.435. The van der Waals surface area contributed by atoms with E-state index in [0.717, 1.165) is 18.8 Å². The molecule has 92 valence electrons. The zero-order valence-corrected chi connectivity index (χ0v) is 10.3. The smallest absolute Gasteiger partial charge is 0.154 e. The maximum atomic E-state index is 11.3. The number of nitrogens with one attached hydrogen (secondary N) is 1. The molecule has 2 aliphatic heterocycles. The Balaban J connectivity index is 1.74. The highest BCUT2D eigenvalue weighted by atomic mass is 32.2. The molecule has 1 fully saturated rings. The van der Waals surface area contributed by atoms with Gasteiger partial charge in [-0.1, -0.05) is 6.07 Å². The number of hydrogen-bond acceptors (Lipinski definition) is 4. The summed E-state index contributed by atoms with van der Waals surface area (Å²) in [7, 11) is -2.86. The standard InChI is InChI=1S/C12H15NO3S/c14-17(15)4-3-12(8-17)16-11-2-1-9-6-13-7-10(9)5-11/h1-2,5,12-13H,3-4,6-8H2. The van der Waals surface area contributed by atoms with Gasteiger partial charge in [0.05, 0.1) is 11.5 Å². The normalized spacial score (nSPS) is 25.8. The van der Waals surface area contributed by atoms with Crippen LogP contribution in [0.5, 0.6) is 5.75 Å². The molecule has 4 nitrogen and oxygen atoms in total. The predicted molar refractivity (Wildman–Crippen MR) is 64.7 cm³/mol. The molecular weight excluding hydrogens is 238 g/mol. The van der Waals surface area contributed by atoms with Crippen LogP contribution in [-0.2, 0) is 22.9 Å². The van der Waals surface area contributed by atoms with Crippen LogP contribution in [0.25, 0.3) is 0 Å². The van der Waals surface area contributed by atoms with E-state index < -0.39 is 9.84 Å². The van der Waals surface area contributed by atoms with Gasteiger partial charge in [-0.25, -0.2) is 8.42 Å². The van der Waals surface area contributed by atoms with Crippen LogP contribution < -0.4 is 10.1 Å². The average Bonchev–Trinajstić information content (AvgIpc) is 2.84. The number of hydrogen-bond donors (Lipinski definition) is 1. The Morgan fingerprint density at radius 3 is 2.82 bits per heavy atom. The zero-order chi connectivity index (χ0) is 11.9. The number of ether oxygens (including phenoxy) is 1. The van der Waals surface area contributed by atoms with Crippen LogP contribution in [-0.4, -0.2) is 26.0 Å². The van der Waals surface area contributed by atoms with Crippen LogP contribution in [0.3, 0.4) is 0 Å². The van der Waals surface area contributed by atoms with Gasteiger partial charge in [0.1, 0.15) is 11.9 Å². The van der Waals surface area contributed by atoms with Crippen molar-refractivity contribution in [3.8, 4) is 5.75 Å². The highest BCUT2D eigenvalue weighted by Crippen LogP contribution is 2.24. The van der Waals surface area contributed by atoms with Gasteiger partial charge in [0.25, 0.3) is 0 Å². The fourth-order valence-corrected chi connectivity index (χ4v) is 3.98. The third-order valence-corrected chi connectivity index (χ3v) is 5.04. The summed E-state index contributed by atoms with van der Waals surface area (Å²) in [4.78, 5) is 0. The Hall–Kier alpha value is -1.07. The Bertz CT molecular complexity index is 539. The first-order chi connectivity index (χ1) is 8.12. The summed E-state index contributed by atoms with van der Waals surface area (Å²) >= 11 is 0. The van der Waals surface area contributed by atoms with E-state index in [-0.39, 0.29) is 17.6 Å². The Morgan fingerprint density at radius 1 is 1.24 bits per heavy atom. The van der Waals surface area contributed by atoms with Crippen molar-refractivity contribution >= 4 is 9.84 Å². The molecule has 17 heavy (non-hydrogen) atoms. The fourth-order valence-electron chi connectivity index (χ4n) is 2.39. The maximum absolute atomic E-state index is 11.3. The van der Waals surface area contributed by atoms with Crippen molar-refractivity contribution in [3.05, 3.63) is 29.3 Å². The van der Waals surface area contributed by atoms with E-state index in [1.165, 1.54) is 11.1 Å². The van der Waals surface area contributed by atoms with Crippen molar-refractivity contribution in [3.63, 3.8) is 0 Å². The Morgan fingerprint density at radius 2 is 2.06 bits per heavy atom. The number of benzene rings is 1. The lowest BCUT2D eigenvalue weighted by Crippen LogP contribution is -2.17. The molecule has 1 aromatic rings. The first kappa shape index (κ1) is 11.0. The second kappa shape index (κ2) is 3.99. The van der Waals surface area contributed by atoms with Gasteiger partial charge in [-0.3, -0.25) is 0 Å². The number of rotatable bonds is 2. The van der Waals surface area contributed by atoms with Gasteiger partial charge in [-0.2, -0.15) is 0 Å². The molecule has 5 heteroatoms. The van der Waals surface area contributed by atoms with E-state index in [0.29, 0.717) is 6.42 Å². The lowest BCUT2D eigenvalue weighted by molar-refractivity contribution is 0.228. The van der Waals surface area contributed by atoms with Gasteiger partial charge < -0.3 is 10.1 Å². The predicted octanol–water partition coefficient (Wildman–Crippen LogP) is 0.856. The molecule has 2 heterocycles. The third-order valence-electron chi connectivity index (χ3n) is 3.30. The summed E-state index contributed by atoms with van der Waals surface area (Å²) in [6, 6.07) is 5.99. The van der Waals surface area contributed by atoms with Gasteiger partial charge in [0.15, 0.2) is 9.84 Å². The SMILES string of the molecule is O=S1(=O)CCC(Oc2ccc3c(c2)CNC3)C1. The van der Waals surface area contributed by atoms with E-state index in [1.54, 1.807) is 0 Å². The number of fused-ring (bicyclic) bond motifs is 1.